The van der Waals surface area contributed by atoms with Crippen LogP contribution in [0, 0.1) is 5.82 Å². The molecule has 0 fully saturated rings. The Bertz CT molecular complexity index is 1390. The maximum atomic E-state index is 14.3. The van der Waals surface area contributed by atoms with Gasteiger partial charge in [0.25, 0.3) is 5.56 Å². The number of aromatic nitrogens is 1. The average molecular weight is 555 g/mol. The first kappa shape index (κ1) is 29.8. The number of carboxylic acids is 1. The van der Waals surface area contributed by atoms with Gasteiger partial charge in [-0.15, -0.1) is 0 Å². The fourth-order valence-electron chi connectivity index (χ4n) is 3.29. The highest BCUT2D eigenvalue weighted by molar-refractivity contribution is 7.91. The Kier molecular flexibility index (Phi) is 10.3. The zero-order valence-electron chi connectivity index (χ0n) is 20.2. The van der Waals surface area contributed by atoms with Crippen LogP contribution in [0.1, 0.15) is 28.8 Å². The number of carbonyl (C=O) groups excluding carboxylic acids is 2. The predicted molar refractivity (Wildman–Crippen MR) is 134 cm³/mol. The van der Waals surface area contributed by atoms with Crippen LogP contribution in [0.15, 0.2) is 46.3 Å². The number of nitrogens with one attached hydrogen (secondary N) is 2. The molecule has 0 spiro atoms. The molecule has 1 heterocycles. The number of methoxy groups -OCH3 is 1. The molecule has 38 heavy (non-hydrogen) atoms. The molecule has 14 nitrogen and oxygen atoms in total. The number of carboxylic acid groups (broad SMARTS) is 1. The van der Waals surface area contributed by atoms with Crippen LogP contribution >= 0.6 is 0 Å². The number of pyridine rings is 1. The Morgan fingerprint density at radius 2 is 1.92 bits per heavy atom. The number of rotatable bonds is 13. The van der Waals surface area contributed by atoms with E-state index in [1.165, 1.54) is 24.4 Å². The highest BCUT2D eigenvalue weighted by Gasteiger charge is 2.24. The van der Waals surface area contributed by atoms with Crippen molar-refractivity contribution in [2.75, 3.05) is 18.4 Å². The number of carbonyl (C=O) groups is 3. The van der Waals surface area contributed by atoms with Gasteiger partial charge in [-0.25, -0.2) is 22.4 Å². The lowest BCUT2D eigenvalue weighted by molar-refractivity contribution is -0.142. The third-order valence-corrected chi connectivity index (χ3v) is 6.24. The van der Waals surface area contributed by atoms with Crippen molar-refractivity contribution in [3.63, 3.8) is 0 Å². The van der Waals surface area contributed by atoms with E-state index in [-0.39, 0.29) is 30.9 Å². The van der Waals surface area contributed by atoms with E-state index < -0.39 is 68.8 Å². The second-order valence-corrected chi connectivity index (χ2v) is 9.60. The number of esters is 1. The molecule has 2 rings (SSSR count). The molecule has 7 N–H and O–H groups in total. The number of hydrogen-bond donors (Lipinski definition) is 5. The minimum absolute atomic E-state index is 0.0101. The number of hydrogen-bond acceptors (Lipinski definition) is 8. The van der Waals surface area contributed by atoms with E-state index >= 15 is 0 Å². The number of benzene rings is 1. The van der Waals surface area contributed by atoms with Crippen molar-refractivity contribution in [1.82, 2.24) is 9.88 Å². The number of anilines is 1. The number of nitrogens with zero attached hydrogens (tertiary/aromatic N) is 2. The third-order valence-electron chi connectivity index (χ3n) is 5.04. The summed E-state index contributed by atoms with van der Waals surface area (Å²) < 4.78 is 47.2. The average Bonchev–Trinajstić information content (AvgIpc) is 2.83. The molecule has 0 bridgehead atoms. The molecule has 0 saturated carbocycles. The third kappa shape index (κ3) is 8.58. The molecule has 0 unspecified atom stereocenters. The van der Waals surface area contributed by atoms with Gasteiger partial charge < -0.3 is 31.2 Å². The summed E-state index contributed by atoms with van der Waals surface area (Å²) in [5.41, 5.74) is 8.27. The van der Waals surface area contributed by atoms with E-state index in [9.17, 15) is 37.1 Å². The summed E-state index contributed by atoms with van der Waals surface area (Å²) in [5.74, 6) is -5.19. The number of guanidine groups is 1. The summed E-state index contributed by atoms with van der Waals surface area (Å²) >= 11 is 0. The molecule has 206 valence electrons. The van der Waals surface area contributed by atoms with Crippen LogP contribution in [-0.2, 0) is 36.6 Å². The minimum Gasteiger partial charge on any atom is -0.480 e. The summed E-state index contributed by atoms with van der Waals surface area (Å²) in [6.07, 6.45) is 1.46. The maximum Gasteiger partial charge on any atom is 0.338 e. The lowest BCUT2D eigenvalue weighted by Crippen LogP contribution is -2.43. The van der Waals surface area contributed by atoms with Gasteiger partial charge in [-0.1, -0.05) is 6.07 Å². The normalized spacial score (nSPS) is 11.7. The zero-order chi connectivity index (χ0) is 28.5. The van der Waals surface area contributed by atoms with Gasteiger partial charge in [0.05, 0.1) is 18.4 Å². The summed E-state index contributed by atoms with van der Waals surface area (Å²) in [7, 11) is -3.36. The standard InChI is InChI=1S/C22H27FN6O8S/c1-37-21(34)13-5-2-6-15(23)14(13)12-38(35,36)28-16-8-4-10-29(19(16)31)11-18(30)27-17(20(32)33)7-3-9-26-22(24)25/h2,4-6,8,10,17,28H,3,7,9,11-12H2,1H3,(H,27,30)(H,32,33)(H4,24,25,26)/t17-/m0/s1. The molecule has 0 saturated heterocycles. The van der Waals surface area contributed by atoms with E-state index in [2.05, 4.69) is 15.0 Å². The van der Waals surface area contributed by atoms with Crippen molar-refractivity contribution in [1.29, 1.82) is 0 Å². The molecule has 16 heteroatoms. The summed E-state index contributed by atoms with van der Waals surface area (Å²) in [6, 6.07) is 4.50. The fraction of sp³-hybridized carbons (Fsp3) is 0.318. The SMILES string of the molecule is COC(=O)c1cccc(F)c1CS(=O)(=O)Nc1cccn(CC(=O)N[C@@H](CCCN=C(N)N)C(=O)O)c1=O. The molecular weight excluding hydrogens is 527 g/mol. The lowest BCUT2D eigenvalue weighted by atomic mass is 10.1. The quantitative estimate of drug-likeness (QED) is 0.0909. The molecule has 0 aliphatic carbocycles. The Hall–Kier alpha value is -4.47. The summed E-state index contributed by atoms with van der Waals surface area (Å²) in [5, 5.41) is 11.6. The van der Waals surface area contributed by atoms with Gasteiger partial charge >= 0.3 is 11.9 Å². The Morgan fingerprint density at radius 3 is 2.55 bits per heavy atom. The Morgan fingerprint density at radius 1 is 1.21 bits per heavy atom. The van der Waals surface area contributed by atoms with Crippen LogP contribution in [-0.4, -0.2) is 61.6 Å². The predicted octanol–water partition coefficient (Wildman–Crippen LogP) is -0.661. The van der Waals surface area contributed by atoms with E-state index in [0.29, 0.717) is 0 Å². The van der Waals surface area contributed by atoms with E-state index in [1.54, 1.807) is 0 Å². The molecule has 1 amide bonds. The van der Waals surface area contributed by atoms with E-state index in [0.717, 1.165) is 23.8 Å². The first-order valence-corrected chi connectivity index (χ1v) is 12.6. The summed E-state index contributed by atoms with van der Waals surface area (Å²) in [6.45, 7) is -0.469. The van der Waals surface area contributed by atoms with Gasteiger partial charge in [-0.3, -0.25) is 19.3 Å². The minimum atomic E-state index is -4.41. The topological polar surface area (TPSA) is 225 Å². The van der Waals surface area contributed by atoms with E-state index in [4.69, 9.17) is 11.5 Å². The molecule has 1 aromatic carbocycles. The second-order valence-electron chi connectivity index (χ2n) is 7.88. The van der Waals surface area contributed by atoms with Gasteiger partial charge in [0.15, 0.2) is 5.96 Å². The molecule has 2 aromatic rings. The number of aliphatic imine (C=N–C) groups is 1. The molecule has 0 aliphatic rings. The largest absolute Gasteiger partial charge is 0.480 e. The van der Waals surface area contributed by atoms with Crippen molar-refractivity contribution in [2.24, 2.45) is 16.5 Å². The van der Waals surface area contributed by atoms with Gasteiger partial charge in [-0.05, 0) is 37.1 Å². The van der Waals surface area contributed by atoms with Gasteiger partial charge in [-0.2, -0.15) is 0 Å². The number of aliphatic carboxylic acids is 1. The van der Waals surface area contributed by atoms with Crippen LogP contribution < -0.4 is 27.1 Å². The first-order valence-electron chi connectivity index (χ1n) is 11.0. The van der Waals surface area contributed by atoms with Crippen molar-refractivity contribution < 1.29 is 37.0 Å². The highest BCUT2D eigenvalue weighted by atomic mass is 32.2. The van der Waals surface area contributed by atoms with Crippen LogP contribution in [0.2, 0.25) is 0 Å². The van der Waals surface area contributed by atoms with Crippen LogP contribution in [0.4, 0.5) is 10.1 Å². The molecular formula is C22H27FN6O8S. The summed E-state index contributed by atoms with van der Waals surface area (Å²) in [4.78, 5) is 52.2. The number of nitrogens with two attached hydrogens (primary N) is 2. The molecule has 1 atom stereocenters. The van der Waals surface area contributed by atoms with Crippen molar-refractivity contribution in [2.45, 2.75) is 31.2 Å². The number of amides is 1. The molecule has 0 radical (unpaired) electrons. The maximum absolute atomic E-state index is 14.3. The Labute approximate surface area is 216 Å². The highest BCUT2D eigenvalue weighted by Crippen LogP contribution is 2.19. The smallest absolute Gasteiger partial charge is 0.338 e. The second kappa shape index (κ2) is 13.2. The molecule has 1 aromatic heterocycles. The zero-order valence-corrected chi connectivity index (χ0v) is 21.0. The van der Waals surface area contributed by atoms with Gasteiger partial charge in [0.2, 0.25) is 15.9 Å². The van der Waals surface area contributed by atoms with Crippen molar-refractivity contribution in [3.05, 3.63) is 63.8 Å². The van der Waals surface area contributed by atoms with Gasteiger partial charge in [0, 0.05) is 18.3 Å². The Balaban J connectivity index is 2.15. The lowest BCUT2D eigenvalue weighted by Gasteiger charge is -2.15. The first-order chi connectivity index (χ1) is 17.8. The number of ether oxygens (including phenoxy) is 1. The van der Waals surface area contributed by atoms with Gasteiger partial charge in [0.1, 0.15) is 24.1 Å². The monoisotopic (exact) mass is 554 g/mol. The number of halogens is 1. The van der Waals surface area contributed by atoms with Crippen molar-refractivity contribution >= 4 is 39.5 Å². The van der Waals surface area contributed by atoms with E-state index in [1.807, 2.05) is 4.72 Å². The van der Waals surface area contributed by atoms with Crippen LogP contribution in [0.25, 0.3) is 0 Å². The van der Waals surface area contributed by atoms with Crippen molar-refractivity contribution in [3.8, 4) is 0 Å². The van der Waals surface area contributed by atoms with Crippen LogP contribution in [0.3, 0.4) is 0 Å². The van der Waals surface area contributed by atoms with Crippen LogP contribution in [0.5, 0.6) is 0 Å². The molecule has 0 aliphatic heterocycles. The fourth-order valence-corrected chi connectivity index (χ4v) is 4.53. The number of sulfonamides is 1.